The summed E-state index contributed by atoms with van der Waals surface area (Å²) < 4.78 is 0. The molecule has 0 bridgehead atoms. The molecule has 2 atom stereocenters. The summed E-state index contributed by atoms with van der Waals surface area (Å²) in [6.45, 7) is 0.590. The van der Waals surface area contributed by atoms with E-state index < -0.39 is 11.4 Å². The Hall–Kier alpha value is -1.55. The largest absolute Gasteiger partial charge is 0.357 e. The van der Waals surface area contributed by atoms with Crippen molar-refractivity contribution in [2.45, 2.75) is 30.7 Å². The lowest BCUT2D eigenvalue weighted by molar-refractivity contribution is -0.141. The number of likely N-dealkylation sites (N-methyl/N-ethyl adjacent to an activating group) is 1. The Morgan fingerprint density at radius 3 is 2.65 bits per heavy atom. The maximum absolute atomic E-state index is 12.5. The molecule has 20 heavy (non-hydrogen) atoms. The zero-order valence-corrected chi connectivity index (χ0v) is 12.3. The van der Waals surface area contributed by atoms with Crippen LogP contribution in [0.25, 0.3) is 0 Å². The first kappa shape index (κ1) is 14.9. The number of alkyl halides is 1. The molecule has 1 heterocycles. The van der Waals surface area contributed by atoms with Crippen LogP contribution in [0.3, 0.4) is 0 Å². The molecule has 4 nitrogen and oxygen atoms in total. The number of rotatable bonds is 3. The average molecular weight is 295 g/mol. The summed E-state index contributed by atoms with van der Waals surface area (Å²) in [6, 6.07) is 8.84. The van der Waals surface area contributed by atoms with Crippen molar-refractivity contribution in [3.63, 3.8) is 0 Å². The van der Waals surface area contributed by atoms with Crippen LogP contribution in [-0.4, -0.2) is 36.3 Å². The van der Waals surface area contributed by atoms with E-state index in [1.165, 1.54) is 0 Å². The molecule has 2 amide bonds. The first-order chi connectivity index (χ1) is 9.65. The topological polar surface area (TPSA) is 49.4 Å². The van der Waals surface area contributed by atoms with Crippen LogP contribution in [-0.2, 0) is 9.59 Å². The van der Waals surface area contributed by atoms with Gasteiger partial charge in [0.25, 0.3) is 0 Å². The van der Waals surface area contributed by atoms with Gasteiger partial charge in [-0.05, 0) is 24.8 Å². The van der Waals surface area contributed by atoms with Gasteiger partial charge in [0, 0.05) is 13.6 Å². The number of nitrogens with zero attached hydrogens (tertiary/aromatic N) is 1. The second kappa shape index (κ2) is 6.75. The van der Waals surface area contributed by atoms with Crippen molar-refractivity contribution >= 4 is 23.4 Å². The summed E-state index contributed by atoms with van der Waals surface area (Å²) in [4.78, 5) is 26.1. The van der Waals surface area contributed by atoms with Crippen LogP contribution in [0.2, 0.25) is 0 Å². The second-order valence-electron chi connectivity index (χ2n) is 4.93. The molecule has 0 radical (unpaired) electrons. The summed E-state index contributed by atoms with van der Waals surface area (Å²) in [5, 5.41) is 1.89. The van der Waals surface area contributed by atoms with E-state index in [1.807, 2.05) is 30.3 Å². The monoisotopic (exact) mass is 294 g/mol. The zero-order chi connectivity index (χ0) is 14.5. The van der Waals surface area contributed by atoms with Crippen LogP contribution in [0, 0.1) is 0 Å². The fourth-order valence-corrected chi connectivity index (χ4v) is 2.82. The molecule has 1 aromatic rings. The van der Waals surface area contributed by atoms with Gasteiger partial charge in [-0.1, -0.05) is 30.3 Å². The molecule has 1 fully saturated rings. The molecule has 2 unspecified atom stereocenters. The van der Waals surface area contributed by atoms with Gasteiger partial charge in [0.1, 0.15) is 11.4 Å². The van der Waals surface area contributed by atoms with E-state index in [-0.39, 0.29) is 11.8 Å². The number of hydrogen-bond acceptors (Lipinski definition) is 2. The number of piperidine rings is 1. The SMILES string of the molecule is CNC(=O)C1CCCCN1C(=O)C(Cl)c1ccccc1. The third-order valence-corrected chi connectivity index (χ3v) is 4.08. The minimum atomic E-state index is -0.735. The highest BCUT2D eigenvalue weighted by Gasteiger charge is 2.34. The molecule has 0 aromatic heterocycles. The predicted octanol–water partition coefficient (Wildman–Crippen LogP) is 2.09. The van der Waals surface area contributed by atoms with E-state index in [1.54, 1.807) is 11.9 Å². The van der Waals surface area contributed by atoms with Gasteiger partial charge in [0.05, 0.1) is 0 Å². The van der Waals surface area contributed by atoms with E-state index in [0.29, 0.717) is 13.0 Å². The summed E-state index contributed by atoms with van der Waals surface area (Å²) in [5.41, 5.74) is 0.764. The molecular weight excluding hydrogens is 276 g/mol. The van der Waals surface area contributed by atoms with Crippen molar-refractivity contribution in [2.75, 3.05) is 13.6 Å². The molecule has 1 saturated heterocycles. The molecule has 2 rings (SSSR count). The number of halogens is 1. The summed E-state index contributed by atoms with van der Waals surface area (Å²) in [6.07, 6.45) is 2.57. The van der Waals surface area contributed by atoms with E-state index >= 15 is 0 Å². The van der Waals surface area contributed by atoms with E-state index in [4.69, 9.17) is 11.6 Å². The highest BCUT2D eigenvalue weighted by Crippen LogP contribution is 2.27. The number of carbonyl (C=O) groups excluding carboxylic acids is 2. The Balaban J connectivity index is 2.15. The summed E-state index contributed by atoms with van der Waals surface area (Å²) in [7, 11) is 1.59. The quantitative estimate of drug-likeness (QED) is 0.868. The Labute approximate surface area is 124 Å². The molecule has 1 aliphatic rings. The van der Waals surface area contributed by atoms with Crippen LogP contribution in [0.5, 0.6) is 0 Å². The van der Waals surface area contributed by atoms with Crippen molar-refractivity contribution in [2.24, 2.45) is 0 Å². The Bertz CT molecular complexity index is 478. The fourth-order valence-electron chi connectivity index (χ4n) is 2.54. The molecule has 0 saturated carbocycles. The van der Waals surface area contributed by atoms with Gasteiger partial charge in [-0.2, -0.15) is 0 Å². The van der Waals surface area contributed by atoms with Crippen LogP contribution >= 0.6 is 11.6 Å². The Morgan fingerprint density at radius 1 is 1.30 bits per heavy atom. The van der Waals surface area contributed by atoms with Crippen molar-refractivity contribution in [3.8, 4) is 0 Å². The zero-order valence-electron chi connectivity index (χ0n) is 11.5. The minimum Gasteiger partial charge on any atom is -0.357 e. The van der Waals surface area contributed by atoms with E-state index in [9.17, 15) is 9.59 Å². The first-order valence-corrected chi connectivity index (χ1v) is 7.30. The van der Waals surface area contributed by atoms with Gasteiger partial charge in [0.15, 0.2) is 0 Å². The maximum atomic E-state index is 12.5. The van der Waals surface area contributed by atoms with Gasteiger partial charge in [-0.25, -0.2) is 0 Å². The smallest absolute Gasteiger partial charge is 0.245 e. The number of benzene rings is 1. The van der Waals surface area contributed by atoms with Crippen LogP contribution < -0.4 is 5.32 Å². The summed E-state index contributed by atoms with van der Waals surface area (Å²) in [5.74, 6) is -0.304. The normalized spacial score (nSPS) is 20.3. The van der Waals surface area contributed by atoms with Crippen molar-refractivity contribution in [1.82, 2.24) is 10.2 Å². The van der Waals surface area contributed by atoms with Gasteiger partial charge in [0.2, 0.25) is 11.8 Å². The lowest BCUT2D eigenvalue weighted by Gasteiger charge is -2.35. The lowest BCUT2D eigenvalue weighted by atomic mass is 10.00. The fraction of sp³-hybridized carbons (Fsp3) is 0.467. The lowest BCUT2D eigenvalue weighted by Crippen LogP contribution is -2.52. The Kier molecular flexibility index (Phi) is 5.01. The number of hydrogen-bond donors (Lipinski definition) is 1. The van der Waals surface area contributed by atoms with Gasteiger partial charge >= 0.3 is 0 Å². The predicted molar refractivity (Wildman–Crippen MR) is 78.5 cm³/mol. The average Bonchev–Trinajstić information content (AvgIpc) is 2.53. The first-order valence-electron chi connectivity index (χ1n) is 6.86. The van der Waals surface area contributed by atoms with E-state index in [2.05, 4.69) is 5.32 Å². The molecule has 1 aliphatic heterocycles. The van der Waals surface area contributed by atoms with Crippen LogP contribution in [0.15, 0.2) is 30.3 Å². The maximum Gasteiger partial charge on any atom is 0.245 e. The number of amides is 2. The van der Waals surface area contributed by atoms with Crippen LogP contribution in [0.1, 0.15) is 30.2 Å². The van der Waals surface area contributed by atoms with Gasteiger partial charge in [-0.3, -0.25) is 9.59 Å². The molecule has 5 heteroatoms. The second-order valence-corrected chi connectivity index (χ2v) is 5.37. The van der Waals surface area contributed by atoms with Gasteiger partial charge < -0.3 is 10.2 Å². The summed E-state index contributed by atoms with van der Waals surface area (Å²) >= 11 is 6.28. The minimum absolute atomic E-state index is 0.116. The highest BCUT2D eigenvalue weighted by molar-refractivity contribution is 6.30. The highest BCUT2D eigenvalue weighted by atomic mass is 35.5. The molecule has 0 spiro atoms. The van der Waals surface area contributed by atoms with Crippen molar-refractivity contribution in [1.29, 1.82) is 0 Å². The third-order valence-electron chi connectivity index (χ3n) is 3.64. The van der Waals surface area contributed by atoms with Crippen LogP contribution in [0.4, 0.5) is 0 Å². The number of nitrogens with one attached hydrogen (secondary N) is 1. The Morgan fingerprint density at radius 2 is 2.00 bits per heavy atom. The number of likely N-dealkylation sites (tertiary alicyclic amines) is 1. The standard InChI is InChI=1S/C15H19ClN2O2/c1-17-14(19)12-9-5-6-10-18(12)15(20)13(16)11-7-3-2-4-8-11/h2-4,7-8,12-13H,5-6,9-10H2,1H3,(H,17,19). The third kappa shape index (κ3) is 3.12. The number of carbonyl (C=O) groups is 2. The van der Waals surface area contributed by atoms with E-state index in [0.717, 1.165) is 18.4 Å². The molecule has 108 valence electrons. The molecular formula is C15H19ClN2O2. The molecule has 0 aliphatic carbocycles. The van der Waals surface area contributed by atoms with Crippen molar-refractivity contribution < 1.29 is 9.59 Å². The molecule has 1 aromatic carbocycles. The van der Waals surface area contributed by atoms with Crippen molar-refractivity contribution in [3.05, 3.63) is 35.9 Å². The van der Waals surface area contributed by atoms with Gasteiger partial charge in [-0.15, -0.1) is 11.6 Å². The molecule has 1 N–H and O–H groups in total.